The zero-order chi connectivity index (χ0) is 26.5. The molecule has 36 heavy (non-hydrogen) atoms. The van der Waals surface area contributed by atoms with Gasteiger partial charge in [-0.15, -0.1) is 0 Å². The summed E-state index contributed by atoms with van der Waals surface area (Å²) in [6.45, 7) is 8.72. The summed E-state index contributed by atoms with van der Waals surface area (Å²) >= 11 is 0. The molecule has 1 saturated carbocycles. The van der Waals surface area contributed by atoms with Crippen LogP contribution in [0.5, 0.6) is 5.75 Å². The summed E-state index contributed by atoms with van der Waals surface area (Å²) in [5.74, 6) is 1.26. The van der Waals surface area contributed by atoms with E-state index in [1.54, 1.807) is 30.9 Å². The second kappa shape index (κ2) is 11.8. The van der Waals surface area contributed by atoms with E-state index in [0.29, 0.717) is 25.0 Å². The van der Waals surface area contributed by atoms with Crippen LogP contribution in [0.2, 0.25) is 0 Å². The van der Waals surface area contributed by atoms with E-state index in [1.165, 1.54) is 0 Å². The number of amides is 2. The van der Waals surface area contributed by atoms with Gasteiger partial charge in [0.05, 0.1) is 7.11 Å². The van der Waals surface area contributed by atoms with E-state index < -0.39 is 6.09 Å². The molecule has 0 saturated heterocycles. The summed E-state index contributed by atoms with van der Waals surface area (Å²) < 4.78 is 5.62. The predicted molar refractivity (Wildman–Crippen MR) is 145 cm³/mol. The molecule has 7 heteroatoms. The minimum atomic E-state index is -0.838. The summed E-state index contributed by atoms with van der Waals surface area (Å²) in [6, 6.07) is 14.6. The van der Waals surface area contributed by atoms with Gasteiger partial charge in [-0.1, -0.05) is 18.2 Å². The van der Waals surface area contributed by atoms with Crippen molar-refractivity contribution in [3.8, 4) is 16.9 Å². The molecule has 1 fully saturated rings. The van der Waals surface area contributed by atoms with Gasteiger partial charge in [-0.2, -0.15) is 0 Å². The number of methoxy groups -OCH3 is 1. The zero-order valence-corrected chi connectivity index (χ0v) is 22.5. The van der Waals surface area contributed by atoms with E-state index in [9.17, 15) is 14.7 Å². The molecule has 2 aromatic carbocycles. The lowest BCUT2D eigenvalue weighted by atomic mass is 9.85. The van der Waals surface area contributed by atoms with Crippen LogP contribution in [0.1, 0.15) is 58.9 Å². The average molecular weight is 496 g/mol. The van der Waals surface area contributed by atoms with Crippen molar-refractivity contribution >= 4 is 17.7 Å². The van der Waals surface area contributed by atoms with Gasteiger partial charge < -0.3 is 25.0 Å². The van der Waals surface area contributed by atoms with Crippen LogP contribution in [-0.4, -0.2) is 54.3 Å². The van der Waals surface area contributed by atoms with E-state index in [2.05, 4.69) is 17.4 Å². The Morgan fingerprint density at radius 3 is 2.17 bits per heavy atom. The number of carbonyl (C=O) groups excluding carboxylic acids is 1. The number of anilines is 1. The number of hydrogen-bond acceptors (Lipinski definition) is 4. The van der Waals surface area contributed by atoms with Crippen LogP contribution in [0.4, 0.5) is 10.5 Å². The fourth-order valence-corrected chi connectivity index (χ4v) is 4.86. The smallest absolute Gasteiger partial charge is 0.407 e. The Kier molecular flexibility index (Phi) is 9.01. The molecule has 0 bridgehead atoms. The first-order valence-electron chi connectivity index (χ1n) is 12.7. The summed E-state index contributed by atoms with van der Waals surface area (Å²) in [5, 5.41) is 13.3. The second-order valence-electron chi connectivity index (χ2n) is 10.8. The van der Waals surface area contributed by atoms with Gasteiger partial charge in [0, 0.05) is 49.9 Å². The molecular weight excluding hydrogens is 454 g/mol. The van der Waals surface area contributed by atoms with Gasteiger partial charge in [-0.3, -0.25) is 4.79 Å². The van der Waals surface area contributed by atoms with Crippen molar-refractivity contribution in [1.29, 1.82) is 0 Å². The molecular formula is C29H41N3O4. The topological polar surface area (TPSA) is 82.1 Å². The second-order valence-corrected chi connectivity index (χ2v) is 10.8. The van der Waals surface area contributed by atoms with E-state index >= 15 is 0 Å². The Morgan fingerprint density at radius 2 is 1.64 bits per heavy atom. The molecule has 0 radical (unpaired) electrons. The minimum absolute atomic E-state index is 0.00278. The average Bonchev–Trinajstić information content (AvgIpc) is 2.85. The van der Waals surface area contributed by atoms with Crippen LogP contribution in [0, 0.1) is 5.92 Å². The Labute approximate surface area is 215 Å². The standard InChI is InChI=1S/C29H41N3O4/c1-20(33)31(5)26-14-9-22(10-15-26)23-11-16-27(36-6)24(17-23)18-30-25-12-7-21(8-13-25)19-32(28(34)35)29(2,3)4/h9-11,14-17,21,25,30H,7-8,12-13,18-19H2,1-6H3,(H,34,35). The normalized spacial score (nSPS) is 17.9. The minimum Gasteiger partial charge on any atom is -0.496 e. The number of ether oxygens (including phenoxy) is 1. The van der Waals surface area contributed by atoms with Crippen molar-refractivity contribution in [2.75, 3.05) is 25.6 Å². The number of nitrogens with one attached hydrogen (secondary N) is 1. The van der Waals surface area contributed by atoms with Crippen molar-refractivity contribution in [3.63, 3.8) is 0 Å². The van der Waals surface area contributed by atoms with Crippen molar-refractivity contribution in [2.24, 2.45) is 5.92 Å². The molecule has 0 atom stereocenters. The third-order valence-corrected chi connectivity index (χ3v) is 7.25. The van der Waals surface area contributed by atoms with E-state index in [1.807, 2.05) is 51.1 Å². The van der Waals surface area contributed by atoms with Crippen LogP contribution >= 0.6 is 0 Å². The van der Waals surface area contributed by atoms with Gasteiger partial charge in [-0.05, 0) is 87.8 Å². The number of nitrogens with zero attached hydrogens (tertiary/aromatic N) is 2. The maximum Gasteiger partial charge on any atom is 0.407 e. The van der Waals surface area contributed by atoms with Crippen molar-refractivity contribution in [3.05, 3.63) is 48.0 Å². The number of rotatable bonds is 8. The molecule has 2 aromatic rings. The first-order chi connectivity index (χ1) is 17.0. The fraction of sp³-hybridized carbons (Fsp3) is 0.517. The maximum atomic E-state index is 11.7. The lowest BCUT2D eigenvalue weighted by molar-refractivity contribution is -0.116. The molecule has 196 valence electrons. The number of carbonyl (C=O) groups is 2. The maximum absolute atomic E-state index is 11.7. The Balaban J connectivity index is 1.61. The Bertz CT molecular complexity index is 1040. The predicted octanol–water partition coefficient (Wildman–Crippen LogP) is 5.77. The third-order valence-electron chi connectivity index (χ3n) is 7.25. The van der Waals surface area contributed by atoms with Crippen LogP contribution in [0.25, 0.3) is 11.1 Å². The molecule has 7 nitrogen and oxygen atoms in total. The molecule has 0 unspecified atom stereocenters. The van der Waals surface area contributed by atoms with E-state index in [-0.39, 0.29) is 11.4 Å². The monoisotopic (exact) mass is 495 g/mol. The van der Waals surface area contributed by atoms with Crippen LogP contribution in [0.3, 0.4) is 0 Å². The Morgan fingerprint density at radius 1 is 1.03 bits per heavy atom. The summed E-state index contributed by atoms with van der Waals surface area (Å²) in [5.41, 5.74) is 3.77. The molecule has 1 aliphatic rings. The highest BCUT2D eigenvalue weighted by Gasteiger charge is 2.30. The first kappa shape index (κ1) is 27.5. The summed E-state index contributed by atoms with van der Waals surface area (Å²) in [6.07, 6.45) is 3.28. The highest BCUT2D eigenvalue weighted by Crippen LogP contribution is 2.30. The van der Waals surface area contributed by atoms with Gasteiger partial charge in [-0.25, -0.2) is 4.79 Å². The van der Waals surface area contributed by atoms with Gasteiger partial charge in [0.2, 0.25) is 5.91 Å². The highest BCUT2D eigenvalue weighted by molar-refractivity contribution is 5.91. The van der Waals surface area contributed by atoms with Crippen LogP contribution < -0.4 is 15.0 Å². The quantitative estimate of drug-likeness (QED) is 0.486. The number of hydrogen-bond donors (Lipinski definition) is 2. The van der Waals surface area contributed by atoms with E-state index in [4.69, 9.17) is 4.74 Å². The summed E-state index contributed by atoms with van der Waals surface area (Å²) in [4.78, 5) is 26.5. The highest BCUT2D eigenvalue weighted by atomic mass is 16.5. The molecule has 2 amide bonds. The van der Waals surface area contributed by atoms with Crippen molar-refractivity contribution in [2.45, 2.75) is 71.5 Å². The molecule has 0 aromatic heterocycles. The lowest BCUT2D eigenvalue weighted by Crippen LogP contribution is -2.48. The molecule has 0 aliphatic heterocycles. The van der Waals surface area contributed by atoms with Gasteiger partial charge >= 0.3 is 6.09 Å². The molecule has 2 N–H and O–H groups in total. The molecule has 3 rings (SSSR count). The third kappa shape index (κ3) is 7.00. The van der Waals surface area contributed by atoms with Crippen molar-refractivity contribution < 1.29 is 19.4 Å². The Hall–Kier alpha value is -3.06. The van der Waals surface area contributed by atoms with E-state index in [0.717, 1.165) is 53.8 Å². The van der Waals surface area contributed by atoms with Crippen LogP contribution in [0.15, 0.2) is 42.5 Å². The van der Waals surface area contributed by atoms with Crippen molar-refractivity contribution in [1.82, 2.24) is 10.2 Å². The van der Waals surface area contributed by atoms with Gasteiger partial charge in [0.1, 0.15) is 5.75 Å². The van der Waals surface area contributed by atoms with Gasteiger partial charge in [0.15, 0.2) is 0 Å². The zero-order valence-electron chi connectivity index (χ0n) is 22.5. The summed E-state index contributed by atoms with van der Waals surface area (Å²) in [7, 11) is 3.47. The SMILES string of the molecule is COc1ccc(-c2ccc(N(C)C(C)=O)cc2)cc1CNC1CCC(CN(C(=O)O)C(C)(C)C)CC1. The number of carboxylic acid groups (broad SMARTS) is 1. The van der Waals surface area contributed by atoms with Crippen LogP contribution in [-0.2, 0) is 11.3 Å². The largest absolute Gasteiger partial charge is 0.496 e. The lowest BCUT2D eigenvalue weighted by Gasteiger charge is -2.38. The number of benzene rings is 2. The molecule has 1 aliphatic carbocycles. The first-order valence-corrected chi connectivity index (χ1v) is 12.7. The van der Waals surface area contributed by atoms with Gasteiger partial charge in [0.25, 0.3) is 0 Å². The fourth-order valence-electron chi connectivity index (χ4n) is 4.86. The molecule has 0 spiro atoms. The molecule has 0 heterocycles.